The molecule has 0 aromatic rings. The lowest BCUT2D eigenvalue weighted by atomic mass is 10.3. The van der Waals surface area contributed by atoms with E-state index in [1.807, 2.05) is 6.92 Å². The van der Waals surface area contributed by atoms with Crippen LogP contribution in [0.15, 0.2) is 0 Å². The molecule has 0 aromatic heterocycles. The molecule has 13 heavy (non-hydrogen) atoms. The summed E-state index contributed by atoms with van der Waals surface area (Å²) in [7, 11) is 0. The zero-order chi connectivity index (χ0) is 10.1. The molecule has 0 heterocycles. The van der Waals surface area contributed by atoms with E-state index in [2.05, 4.69) is 6.92 Å². The third kappa shape index (κ3) is 6.90. The maximum Gasteiger partial charge on any atom is 0.332 e. The first kappa shape index (κ1) is 12.8. The summed E-state index contributed by atoms with van der Waals surface area (Å²) >= 11 is 1.78. The quantitative estimate of drug-likeness (QED) is 0.617. The van der Waals surface area contributed by atoms with Crippen LogP contribution in [-0.4, -0.2) is 35.3 Å². The molecule has 0 radical (unpaired) electrons. The van der Waals surface area contributed by atoms with Gasteiger partial charge in [-0.1, -0.05) is 6.92 Å². The summed E-state index contributed by atoms with van der Waals surface area (Å²) in [6, 6.07) is 0. The van der Waals surface area contributed by atoms with E-state index >= 15 is 0 Å². The van der Waals surface area contributed by atoms with Gasteiger partial charge in [-0.05, 0) is 31.3 Å². The molecule has 0 amide bonds. The average Bonchev–Trinajstić information content (AvgIpc) is 2.10. The minimum absolute atomic E-state index is 0.468. The van der Waals surface area contributed by atoms with Crippen LogP contribution in [0.5, 0.6) is 0 Å². The van der Waals surface area contributed by atoms with Crippen molar-refractivity contribution in [3.8, 4) is 0 Å². The number of hydrogen-bond acceptors (Lipinski definition) is 3. The van der Waals surface area contributed by atoms with Gasteiger partial charge in [-0.3, -0.25) is 0 Å². The van der Waals surface area contributed by atoms with Gasteiger partial charge in [-0.15, -0.1) is 0 Å². The van der Waals surface area contributed by atoms with Gasteiger partial charge in [0.1, 0.15) is 0 Å². The number of carbonyl (C=O) groups is 1. The number of ether oxygens (including phenoxy) is 1. The molecule has 0 aliphatic heterocycles. The van der Waals surface area contributed by atoms with Gasteiger partial charge < -0.3 is 9.84 Å². The molecule has 0 saturated heterocycles. The predicted octanol–water partition coefficient (Wildman–Crippen LogP) is 2.01. The third-order valence-electron chi connectivity index (χ3n) is 1.52. The monoisotopic (exact) mass is 206 g/mol. The summed E-state index contributed by atoms with van der Waals surface area (Å²) in [5.74, 6) is 1.11. The molecule has 78 valence electrons. The fourth-order valence-corrected chi connectivity index (χ4v) is 1.79. The van der Waals surface area contributed by atoms with E-state index in [1.54, 1.807) is 11.8 Å². The van der Waals surface area contributed by atoms with E-state index in [-0.39, 0.29) is 0 Å². The maximum atomic E-state index is 10.6. The standard InChI is InChI=1S/C9H18O3S/c1-3-6-13-7-5-8(9(10)11)12-4-2/h8H,3-7H2,1-2H3,(H,10,11). The van der Waals surface area contributed by atoms with Crippen LogP contribution < -0.4 is 0 Å². The van der Waals surface area contributed by atoms with Crippen molar-refractivity contribution in [2.24, 2.45) is 0 Å². The van der Waals surface area contributed by atoms with Gasteiger partial charge >= 0.3 is 5.97 Å². The van der Waals surface area contributed by atoms with Gasteiger partial charge in [-0.25, -0.2) is 4.79 Å². The minimum Gasteiger partial charge on any atom is -0.479 e. The second kappa shape index (κ2) is 8.38. The molecule has 0 bridgehead atoms. The normalized spacial score (nSPS) is 12.8. The smallest absolute Gasteiger partial charge is 0.332 e. The van der Waals surface area contributed by atoms with Gasteiger partial charge in [0.05, 0.1) is 0 Å². The lowest BCUT2D eigenvalue weighted by Gasteiger charge is -2.11. The molecular weight excluding hydrogens is 188 g/mol. The largest absolute Gasteiger partial charge is 0.479 e. The fraction of sp³-hybridized carbons (Fsp3) is 0.889. The first-order chi connectivity index (χ1) is 6.22. The van der Waals surface area contributed by atoms with E-state index in [0.717, 1.165) is 17.9 Å². The average molecular weight is 206 g/mol. The van der Waals surface area contributed by atoms with Crippen LogP contribution in [0, 0.1) is 0 Å². The Morgan fingerprint density at radius 3 is 2.62 bits per heavy atom. The van der Waals surface area contributed by atoms with Crippen LogP contribution in [-0.2, 0) is 9.53 Å². The van der Waals surface area contributed by atoms with Crippen molar-refractivity contribution in [3.63, 3.8) is 0 Å². The predicted molar refractivity (Wildman–Crippen MR) is 55.3 cm³/mol. The highest BCUT2D eigenvalue weighted by molar-refractivity contribution is 7.99. The Labute approximate surface area is 83.9 Å². The van der Waals surface area contributed by atoms with Crippen LogP contribution in [0.3, 0.4) is 0 Å². The van der Waals surface area contributed by atoms with Crippen LogP contribution in [0.25, 0.3) is 0 Å². The van der Waals surface area contributed by atoms with Crippen molar-refractivity contribution < 1.29 is 14.6 Å². The third-order valence-corrected chi connectivity index (χ3v) is 2.74. The zero-order valence-electron chi connectivity index (χ0n) is 8.28. The number of carboxylic acid groups (broad SMARTS) is 1. The summed E-state index contributed by atoms with van der Waals surface area (Å²) in [5.41, 5.74) is 0. The van der Waals surface area contributed by atoms with Crippen molar-refractivity contribution in [2.75, 3.05) is 18.1 Å². The Morgan fingerprint density at radius 2 is 2.15 bits per heavy atom. The van der Waals surface area contributed by atoms with Crippen LogP contribution >= 0.6 is 11.8 Å². The van der Waals surface area contributed by atoms with Crippen molar-refractivity contribution in [1.29, 1.82) is 0 Å². The van der Waals surface area contributed by atoms with Crippen molar-refractivity contribution in [3.05, 3.63) is 0 Å². The lowest BCUT2D eigenvalue weighted by molar-refractivity contribution is -0.150. The lowest BCUT2D eigenvalue weighted by Crippen LogP contribution is -2.24. The summed E-state index contributed by atoms with van der Waals surface area (Å²) < 4.78 is 5.07. The van der Waals surface area contributed by atoms with E-state index in [0.29, 0.717) is 13.0 Å². The molecule has 1 unspecified atom stereocenters. The van der Waals surface area contributed by atoms with E-state index in [9.17, 15) is 4.79 Å². The first-order valence-corrected chi connectivity index (χ1v) is 5.80. The van der Waals surface area contributed by atoms with E-state index < -0.39 is 12.1 Å². The van der Waals surface area contributed by atoms with E-state index in [1.165, 1.54) is 0 Å². The molecule has 4 heteroatoms. The SMILES string of the molecule is CCCSCCC(OCC)C(=O)O. The Balaban J connectivity index is 3.51. The van der Waals surface area contributed by atoms with Crippen LogP contribution in [0.4, 0.5) is 0 Å². The Kier molecular flexibility index (Phi) is 8.24. The van der Waals surface area contributed by atoms with E-state index in [4.69, 9.17) is 9.84 Å². The van der Waals surface area contributed by atoms with Gasteiger partial charge in [0.2, 0.25) is 0 Å². The topological polar surface area (TPSA) is 46.5 Å². The number of carboxylic acids is 1. The number of hydrogen-bond donors (Lipinski definition) is 1. The first-order valence-electron chi connectivity index (χ1n) is 4.64. The molecular formula is C9H18O3S. The number of thioether (sulfide) groups is 1. The van der Waals surface area contributed by atoms with Crippen molar-refractivity contribution in [1.82, 2.24) is 0 Å². The Bertz CT molecular complexity index is 139. The van der Waals surface area contributed by atoms with Crippen molar-refractivity contribution >= 4 is 17.7 Å². The molecule has 0 spiro atoms. The van der Waals surface area contributed by atoms with Crippen molar-refractivity contribution in [2.45, 2.75) is 32.8 Å². The summed E-state index contributed by atoms with van der Waals surface area (Å²) in [6.07, 6.45) is 1.12. The Morgan fingerprint density at radius 1 is 1.46 bits per heavy atom. The molecule has 1 N–H and O–H groups in total. The zero-order valence-corrected chi connectivity index (χ0v) is 9.10. The molecule has 1 atom stereocenters. The highest BCUT2D eigenvalue weighted by Crippen LogP contribution is 2.08. The van der Waals surface area contributed by atoms with Gasteiger partial charge in [0.15, 0.2) is 6.10 Å². The van der Waals surface area contributed by atoms with Crippen LogP contribution in [0.1, 0.15) is 26.7 Å². The maximum absolute atomic E-state index is 10.6. The molecule has 0 saturated carbocycles. The molecule has 0 aliphatic rings. The molecule has 3 nitrogen and oxygen atoms in total. The second-order valence-corrected chi connectivity index (χ2v) is 3.91. The summed E-state index contributed by atoms with van der Waals surface area (Å²) in [4.78, 5) is 10.6. The highest BCUT2D eigenvalue weighted by atomic mass is 32.2. The summed E-state index contributed by atoms with van der Waals surface area (Å²) in [6.45, 7) is 4.40. The number of aliphatic carboxylic acids is 1. The minimum atomic E-state index is -0.848. The van der Waals surface area contributed by atoms with Gasteiger partial charge in [0, 0.05) is 6.61 Å². The van der Waals surface area contributed by atoms with Gasteiger partial charge in [-0.2, -0.15) is 11.8 Å². The van der Waals surface area contributed by atoms with Crippen LogP contribution in [0.2, 0.25) is 0 Å². The molecule has 0 aliphatic carbocycles. The molecule has 0 aromatic carbocycles. The number of rotatable bonds is 8. The summed E-state index contributed by atoms with van der Waals surface area (Å²) in [5, 5.41) is 8.73. The molecule has 0 fully saturated rings. The Hall–Kier alpha value is -0.220. The fourth-order valence-electron chi connectivity index (χ4n) is 0.916. The highest BCUT2D eigenvalue weighted by Gasteiger charge is 2.16. The van der Waals surface area contributed by atoms with Gasteiger partial charge in [0.25, 0.3) is 0 Å². The second-order valence-electron chi connectivity index (χ2n) is 2.68. The molecule has 0 rings (SSSR count).